The van der Waals surface area contributed by atoms with Crippen LogP contribution < -0.4 is 5.32 Å². The van der Waals surface area contributed by atoms with Crippen molar-refractivity contribution >= 4 is 5.69 Å². The fourth-order valence-corrected chi connectivity index (χ4v) is 2.07. The molecule has 0 aliphatic heterocycles. The molecule has 0 heterocycles. The zero-order valence-corrected chi connectivity index (χ0v) is 11.1. The first kappa shape index (κ1) is 13.5. The number of halogens is 2. The van der Waals surface area contributed by atoms with Gasteiger partial charge >= 0.3 is 0 Å². The van der Waals surface area contributed by atoms with Crippen molar-refractivity contribution in [3.05, 3.63) is 65.2 Å². The van der Waals surface area contributed by atoms with Gasteiger partial charge in [-0.3, -0.25) is 0 Å². The number of hydrogen-bond acceptors (Lipinski definition) is 1. The minimum atomic E-state index is -0.233. The smallest absolute Gasteiger partial charge is 0.128 e. The normalized spacial score (nSPS) is 12.2. The van der Waals surface area contributed by atoms with Gasteiger partial charge in [-0.25, -0.2) is 8.78 Å². The molecular weight excluding hydrogens is 244 g/mol. The summed E-state index contributed by atoms with van der Waals surface area (Å²) in [5, 5.41) is 3.22. The van der Waals surface area contributed by atoms with Gasteiger partial charge in [0.1, 0.15) is 11.6 Å². The Hall–Kier alpha value is -1.90. The number of benzene rings is 2. The summed E-state index contributed by atoms with van der Waals surface area (Å²) in [5.74, 6) is -0.435. The maximum Gasteiger partial charge on any atom is 0.128 e. The third kappa shape index (κ3) is 3.31. The van der Waals surface area contributed by atoms with Crippen molar-refractivity contribution in [2.24, 2.45) is 0 Å². The molecule has 2 aromatic carbocycles. The molecule has 19 heavy (non-hydrogen) atoms. The van der Waals surface area contributed by atoms with Crippen molar-refractivity contribution in [3.8, 4) is 0 Å². The third-order valence-corrected chi connectivity index (χ3v) is 3.15. The standard InChI is InChI=1S/C16H17F2N/c1-11(10-13-6-3-4-7-15(13)18)19-16-9-5-8-14(17)12(16)2/h3-9,11,19H,10H2,1-2H3. The van der Waals surface area contributed by atoms with Gasteiger partial charge in [0.25, 0.3) is 0 Å². The van der Waals surface area contributed by atoms with Crippen molar-refractivity contribution in [1.29, 1.82) is 0 Å². The van der Waals surface area contributed by atoms with Gasteiger partial charge in [-0.1, -0.05) is 24.3 Å². The minimum absolute atomic E-state index is 0.0254. The van der Waals surface area contributed by atoms with Gasteiger partial charge in [-0.15, -0.1) is 0 Å². The Morgan fingerprint density at radius 3 is 2.42 bits per heavy atom. The van der Waals surface area contributed by atoms with Crippen LogP contribution in [0.5, 0.6) is 0 Å². The monoisotopic (exact) mass is 261 g/mol. The zero-order chi connectivity index (χ0) is 13.8. The van der Waals surface area contributed by atoms with E-state index < -0.39 is 0 Å². The van der Waals surface area contributed by atoms with Gasteiger partial charge < -0.3 is 5.32 Å². The van der Waals surface area contributed by atoms with Crippen LogP contribution in [0.2, 0.25) is 0 Å². The van der Waals surface area contributed by atoms with Gasteiger partial charge in [0.2, 0.25) is 0 Å². The Morgan fingerprint density at radius 2 is 1.68 bits per heavy atom. The highest BCUT2D eigenvalue weighted by atomic mass is 19.1. The molecule has 0 radical (unpaired) electrons. The highest BCUT2D eigenvalue weighted by molar-refractivity contribution is 5.51. The predicted molar refractivity (Wildman–Crippen MR) is 74.3 cm³/mol. The highest BCUT2D eigenvalue weighted by Gasteiger charge is 2.09. The van der Waals surface area contributed by atoms with Crippen molar-refractivity contribution in [2.45, 2.75) is 26.3 Å². The molecule has 2 aromatic rings. The molecule has 0 bridgehead atoms. The molecular formula is C16H17F2N. The average molecular weight is 261 g/mol. The van der Waals surface area contributed by atoms with Gasteiger partial charge in [0.15, 0.2) is 0 Å². The van der Waals surface area contributed by atoms with Crippen LogP contribution in [0, 0.1) is 18.6 Å². The van der Waals surface area contributed by atoms with E-state index in [9.17, 15) is 8.78 Å². The number of anilines is 1. The van der Waals surface area contributed by atoms with Crippen molar-refractivity contribution in [2.75, 3.05) is 5.32 Å². The van der Waals surface area contributed by atoms with Gasteiger partial charge in [-0.2, -0.15) is 0 Å². The summed E-state index contributed by atoms with van der Waals surface area (Å²) >= 11 is 0. The van der Waals surface area contributed by atoms with E-state index in [0.717, 1.165) is 5.69 Å². The van der Waals surface area contributed by atoms with E-state index in [1.54, 1.807) is 25.1 Å². The average Bonchev–Trinajstić information content (AvgIpc) is 2.38. The first-order valence-corrected chi connectivity index (χ1v) is 6.33. The molecule has 3 heteroatoms. The number of hydrogen-bond donors (Lipinski definition) is 1. The van der Waals surface area contributed by atoms with E-state index in [1.807, 2.05) is 19.1 Å². The van der Waals surface area contributed by atoms with E-state index in [0.29, 0.717) is 17.5 Å². The minimum Gasteiger partial charge on any atom is -0.382 e. The Balaban J connectivity index is 2.08. The lowest BCUT2D eigenvalue weighted by atomic mass is 10.1. The maximum absolute atomic E-state index is 13.5. The molecule has 0 amide bonds. The second kappa shape index (κ2) is 5.83. The fourth-order valence-electron chi connectivity index (χ4n) is 2.07. The molecule has 2 rings (SSSR count). The van der Waals surface area contributed by atoms with E-state index in [-0.39, 0.29) is 17.7 Å². The predicted octanol–water partition coefficient (Wildman–Crippen LogP) is 4.32. The number of nitrogens with one attached hydrogen (secondary N) is 1. The van der Waals surface area contributed by atoms with Crippen LogP contribution in [0.25, 0.3) is 0 Å². The van der Waals surface area contributed by atoms with Crippen LogP contribution in [0.4, 0.5) is 14.5 Å². The van der Waals surface area contributed by atoms with Crippen LogP contribution in [-0.2, 0) is 6.42 Å². The van der Waals surface area contributed by atoms with Crippen molar-refractivity contribution < 1.29 is 8.78 Å². The SMILES string of the molecule is Cc1c(F)cccc1NC(C)Cc1ccccc1F. The molecule has 0 aliphatic carbocycles. The molecule has 1 N–H and O–H groups in total. The summed E-state index contributed by atoms with van der Waals surface area (Å²) in [5.41, 5.74) is 2.00. The molecule has 0 saturated carbocycles. The van der Waals surface area contributed by atoms with E-state index in [2.05, 4.69) is 5.32 Å². The van der Waals surface area contributed by atoms with E-state index in [1.165, 1.54) is 12.1 Å². The van der Waals surface area contributed by atoms with Crippen molar-refractivity contribution in [3.63, 3.8) is 0 Å². The summed E-state index contributed by atoms with van der Waals surface area (Å²) in [4.78, 5) is 0. The summed E-state index contributed by atoms with van der Waals surface area (Å²) < 4.78 is 27.0. The zero-order valence-electron chi connectivity index (χ0n) is 11.1. The lowest BCUT2D eigenvalue weighted by molar-refractivity contribution is 0.600. The molecule has 100 valence electrons. The Bertz CT molecular complexity index is 566. The Kier molecular flexibility index (Phi) is 4.15. The summed E-state index contributed by atoms with van der Waals surface area (Å²) in [7, 11) is 0. The van der Waals surface area contributed by atoms with Crippen LogP contribution in [0.15, 0.2) is 42.5 Å². The third-order valence-electron chi connectivity index (χ3n) is 3.15. The lowest BCUT2D eigenvalue weighted by Gasteiger charge is -2.17. The van der Waals surface area contributed by atoms with Gasteiger partial charge in [-0.05, 0) is 44.0 Å². The lowest BCUT2D eigenvalue weighted by Crippen LogP contribution is -2.19. The highest BCUT2D eigenvalue weighted by Crippen LogP contribution is 2.19. The summed E-state index contributed by atoms with van der Waals surface area (Å²) in [6.45, 7) is 3.68. The van der Waals surface area contributed by atoms with Crippen molar-refractivity contribution in [1.82, 2.24) is 0 Å². The molecule has 1 nitrogen and oxygen atoms in total. The second-order valence-corrected chi connectivity index (χ2v) is 4.75. The quantitative estimate of drug-likeness (QED) is 0.864. The molecule has 1 unspecified atom stereocenters. The first-order valence-electron chi connectivity index (χ1n) is 6.33. The molecule has 0 spiro atoms. The first-order chi connectivity index (χ1) is 9.08. The summed E-state index contributed by atoms with van der Waals surface area (Å²) in [6, 6.07) is 11.7. The van der Waals surface area contributed by atoms with Gasteiger partial charge in [0.05, 0.1) is 0 Å². The molecule has 0 saturated heterocycles. The maximum atomic E-state index is 13.5. The van der Waals surface area contributed by atoms with Crippen LogP contribution in [0.1, 0.15) is 18.1 Å². The molecule has 0 fully saturated rings. The number of rotatable bonds is 4. The Labute approximate surface area is 112 Å². The van der Waals surface area contributed by atoms with E-state index in [4.69, 9.17) is 0 Å². The fraction of sp³-hybridized carbons (Fsp3) is 0.250. The van der Waals surface area contributed by atoms with Gasteiger partial charge in [0, 0.05) is 17.3 Å². The second-order valence-electron chi connectivity index (χ2n) is 4.75. The summed E-state index contributed by atoms with van der Waals surface area (Å²) in [6.07, 6.45) is 0.558. The largest absolute Gasteiger partial charge is 0.382 e. The van der Waals surface area contributed by atoms with Crippen LogP contribution >= 0.6 is 0 Å². The molecule has 1 atom stereocenters. The van der Waals surface area contributed by atoms with Crippen LogP contribution in [0.3, 0.4) is 0 Å². The topological polar surface area (TPSA) is 12.0 Å². The molecule has 0 aliphatic rings. The van der Waals surface area contributed by atoms with Crippen LogP contribution in [-0.4, -0.2) is 6.04 Å². The van der Waals surface area contributed by atoms with E-state index >= 15 is 0 Å². The molecule has 0 aromatic heterocycles. The Morgan fingerprint density at radius 1 is 1.00 bits per heavy atom.